The van der Waals surface area contributed by atoms with Gasteiger partial charge >= 0.3 is 5.97 Å². The van der Waals surface area contributed by atoms with Crippen molar-refractivity contribution in [2.24, 2.45) is 34.5 Å². The fourth-order valence-corrected chi connectivity index (χ4v) is 6.63. The van der Waals surface area contributed by atoms with Crippen LogP contribution in [-0.4, -0.2) is 47.2 Å². The monoisotopic (exact) mass is 499 g/mol. The highest BCUT2D eigenvalue weighted by atomic mass is 16.5. The van der Waals surface area contributed by atoms with Gasteiger partial charge in [-0.25, -0.2) is 4.68 Å². The molecule has 36 heavy (non-hydrogen) atoms. The minimum absolute atomic E-state index is 0.0234. The number of ketones is 1. The molecule has 4 fully saturated rings. The number of ether oxygens (including phenoxy) is 2. The lowest BCUT2D eigenvalue weighted by Gasteiger charge is -2.60. The molecule has 1 amide bonds. The van der Waals surface area contributed by atoms with Crippen molar-refractivity contribution in [3.05, 3.63) is 17.8 Å². The molecule has 8 heteroatoms. The highest BCUT2D eigenvalue weighted by Crippen LogP contribution is 2.61. The number of rotatable bonds is 10. The number of hydrogen-bond donors (Lipinski definition) is 1. The van der Waals surface area contributed by atoms with Crippen LogP contribution >= 0.6 is 0 Å². The van der Waals surface area contributed by atoms with Gasteiger partial charge < -0.3 is 14.8 Å². The number of esters is 1. The van der Waals surface area contributed by atoms with Gasteiger partial charge in [-0.2, -0.15) is 5.10 Å². The maximum Gasteiger partial charge on any atom is 0.306 e. The number of Topliss-reactive ketones (excluding diaryl/α,β-unsaturated/α-hetero) is 1. The number of nitrogens with zero attached hydrogens (tertiary/aromatic N) is 2. The number of hydrogen-bond acceptors (Lipinski definition) is 6. The predicted octanol–water partition coefficient (Wildman–Crippen LogP) is 4.49. The van der Waals surface area contributed by atoms with Crippen molar-refractivity contribution < 1.29 is 23.9 Å². The summed E-state index contributed by atoms with van der Waals surface area (Å²) in [6.07, 6.45) is 10.7. The third kappa shape index (κ3) is 5.37. The maximum atomic E-state index is 13.5. The molecule has 0 radical (unpaired) electrons. The summed E-state index contributed by atoms with van der Waals surface area (Å²) in [4.78, 5) is 37.6. The van der Waals surface area contributed by atoms with E-state index in [2.05, 4.69) is 10.4 Å². The molecule has 8 nitrogen and oxygen atoms in total. The van der Waals surface area contributed by atoms with Crippen LogP contribution in [0.3, 0.4) is 0 Å². The lowest BCUT2D eigenvalue weighted by molar-refractivity contribution is -0.150. The van der Waals surface area contributed by atoms with Crippen molar-refractivity contribution in [3.8, 4) is 5.88 Å². The zero-order chi connectivity index (χ0) is 26.3. The Labute approximate surface area is 214 Å². The van der Waals surface area contributed by atoms with Gasteiger partial charge in [0.1, 0.15) is 11.3 Å². The lowest BCUT2D eigenvalue weighted by atomic mass is 9.47. The van der Waals surface area contributed by atoms with E-state index in [4.69, 9.17) is 9.47 Å². The first-order valence-corrected chi connectivity index (χ1v) is 13.2. The summed E-state index contributed by atoms with van der Waals surface area (Å²) >= 11 is 0. The maximum absolute atomic E-state index is 13.5. The first-order chi connectivity index (χ1) is 16.9. The molecule has 4 aliphatic carbocycles. The van der Waals surface area contributed by atoms with Crippen LogP contribution in [0.1, 0.15) is 83.5 Å². The molecule has 0 aromatic carbocycles. The van der Waals surface area contributed by atoms with Crippen LogP contribution < -0.4 is 10.1 Å². The highest BCUT2D eigenvalue weighted by Gasteiger charge is 2.56. The summed E-state index contributed by atoms with van der Waals surface area (Å²) in [5, 5.41) is 7.72. The molecular formula is C28H41N3O5. The van der Waals surface area contributed by atoms with Gasteiger partial charge in [-0.1, -0.05) is 19.9 Å². The molecule has 4 aliphatic rings. The molecule has 0 aliphatic heterocycles. The van der Waals surface area contributed by atoms with Crippen LogP contribution in [0.2, 0.25) is 0 Å². The largest absolute Gasteiger partial charge is 0.477 e. The Morgan fingerprint density at radius 2 is 1.89 bits per heavy atom. The van der Waals surface area contributed by atoms with Crippen LogP contribution in [-0.2, 0) is 14.3 Å². The van der Waals surface area contributed by atoms with Gasteiger partial charge in [0.05, 0.1) is 26.3 Å². The first-order valence-electron chi connectivity index (χ1n) is 13.2. The third-order valence-electron chi connectivity index (χ3n) is 8.53. The Bertz CT molecular complexity index is 1020. The van der Waals surface area contributed by atoms with Crippen LogP contribution in [0.4, 0.5) is 0 Å². The second-order valence-corrected chi connectivity index (χ2v) is 12.3. The Hall–Kier alpha value is -2.64. The Balaban J connectivity index is 1.52. The Morgan fingerprint density at radius 1 is 1.22 bits per heavy atom. The summed E-state index contributed by atoms with van der Waals surface area (Å²) in [6.45, 7) is 9.79. The van der Waals surface area contributed by atoms with E-state index in [0.29, 0.717) is 42.2 Å². The summed E-state index contributed by atoms with van der Waals surface area (Å²) in [7, 11) is 1.46. The summed E-state index contributed by atoms with van der Waals surface area (Å²) < 4.78 is 12.6. The number of aromatic nitrogens is 2. The fourth-order valence-electron chi connectivity index (χ4n) is 6.63. The number of carbonyl (C=O) groups excluding carboxylic acids is 3. The molecule has 4 bridgehead atoms. The van der Waals surface area contributed by atoms with Gasteiger partial charge in [0.2, 0.25) is 5.88 Å². The molecule has 4 saturated carbocycles. The first kappa shape index (κ1) is 26.4. The Morgan fingerprint density at radius 3 is 2.47 bits per heavy atom. The third-order valence-corrected chi connectivity index (χ3v) is 8.53. The zero-order valence-electron chi connectivity index (χ0n) is 22.5. The van der Waals surface area contributed by atoms with Gasteiger partial charge in [-0.15, -0.1) is 0 Å². The van der Waals surface area contributed by atoms with Crippen molar-refractivity contribution in [2.45, 2.75) is 79.2 Å². The van der Waals surface area contributed by atoms with Gasteiger partial charge in [0, 0.05) is 17.7 Å². The van der Waals surface area contributed by atoms with E-state index < -0.39 is 5.41 Å². The minimum Gasteiger partial charge on any atom is -0.477 e. The molecule has 5 rings (SSSR count). The van der Waals surface area contributed by atoms with Gasteiger partial charge in [-0.3, -0.25) is 14.4 Å². The van der Waals surface area contributed by atoms with Gasteiger partial charge in [0.25, 0.3) is 5.91 Å². The van der Waals surface area contributed by atoms with Crippen molar-refractivity contribution in [1.29, 1.82) is 0 Å². The number of allylic oxidation sites excluding steroid dienone is 1. The van der Waals surface area contributed by atoms with Crippen molar-refractivity contribution in [2.75, 3.05) is 13.7 Å². The molecule has 198 valence electrons. The predicted molar refractivity (Wildman–Crippen MR) is 136 cm³/mol. The quantitative estimate of drug-likeness (QED) is 0.476. The molecule has 2 unspecified atom stereocenters. The van der Waals surface area contributed by atoms with Crippen LogP contribution in [0.25, 0.3) is 6.20 Å². The van der Waals surface area contributed by atoms with E-state index in [1.165, 1.54) is 7.11 Å². The fraction of sp³-hybridized carbons (Fsp3) is 0.714. The van der Waals surface area contributed by atoms with E-state index in [1.807, 2.05) is 27.7 Å². The van der Waals surface area contributed by atoms with Crippen molar-refractivity contribution in [1.82, 2.24) is 15.1 Å². The van der Waals surface area contributed by atoms with Gasteiger partial charge in [-0.05, 0) is 82.0 Å². The van der Waals surface area contributed by atoms with Crippen LogP contribution in [0.15, 0.2) is 12.3 Å². The lowest BCUT2D eigenvalue weighted by Crippen LogP contribution is -2.59. The highest BCUT2D eigenvalue weighted by molar-refractivity contribution is 5.96. The topological polar surface area (TPSA) is 99.5 Å². The number of nitrogens with one attached hydrogen (secondary N) is 1. The minimum atomic E-state index is -0.649. The standard InChI is InChI=1S/C28H41N3O5/c1-17(2)16-36-26-22(15-29-31(26)8-7-27(4,5)18(3)32)25(34)30-24-20-9-19-10-21(24)13-28(11-19,12-20)14-23(33)35-6/h7-8,15,17,19-21,24H,9-14,16H2,1-6H3,(H,30,34)/b8-7+. The second kappa shape index (κ2) is 10.0. The SMILES string of the molecule is COC(=O)CC12CC3CC(C1)C(NC(=O)c1cnn(/C=C/C(C)(C)C(C)=O)c1OCC(C)C)C(C3)C2. The van der Waals surface area contributed by atoms with E-state index in [-0.39, 0.29) is 35.0 Å². The van der Waals surface area contributed by atoms with E-state index in [9.17, 15) is 14.4 Å². The van der Waals surface area contributed by atoms with Crippen LogP contribution in [0, 0.1) is 34.5 Å². The normalized spacial score (nSPS) is 29.1. The van der Waals surface area contributed by atoms with Crippen LogP contribution in [0.5, 0.6) is 5.88 Å². The molecule has 1 aromatic rings. The molecular weight excluding hydrogens is 458 g/mol. The van der Waals surface area contributed by atoms with E-state index in [0.717, 1.165) is 32.1 Å². The average molecular weight is 500 g/mol. The van der Waals surface area contributed by atoms with Crippen molar-refractivity contribution in [3.63, 3.8) is 0 Å². The van der Waals surface area contributed by atoms with E-state index >= 15 is 0 Å². The molecule has 2 atom stereocenters. The molecule has 0 saturated heterocycles. The summed E-state index contributed by atoms with van der Waals surface area (Å²) in [5.41, 5.74) is -0.223. The second-order valence-electron chi connectivity index (χ2n) is 12.3. The smallest absolute Gasteiger partial charge is 0.306 e. The number of methoxy groups -OCH3 is 1. The summed E-state index contributed by atoms with van der Waals surface area (Å²) in [6, 6.07) is 0.0910. The Kier molecular flexibility index (Phi) is 7.35. The zero-order valence-corrected chi connectivity index (χ0v) is 22.5. The molecule has 0 spiro atoms. The molecule has 1 aromatic heterocycles. The summed E-state index contributed by atoms with van der Waals surface area (Å²) in [5.74, 6) is 1.77. The van der Waals surface area contributed by atoms with Gasteiger partial charge in [0.15, 0.2) is 0 Å². The van der Waals surface area contributed by atoms with E-state index in [1.54, 1.807) is 30.1 Å². The number of amides is 1. The average Bonchev–Trinajstić information content (AvgIpc) is 3.20. The number of carbonyl (C=O) groups is 3. The molecule has 1 N–H and O–H groups in total. The van der Waals surface area contributed by atoms with Crippen molar-refractivity contribution >= 4 is 23.9 Å². The molecule has 1 heterocycles.